The Labute approximate surface area is 129 Å². The van der Waals surface area contributed by atoms with Crippen LogP contribution in [0.4, 0.5) is 0 Å². The lowest BCUT2D eigenvalue weighted by atomic mass is 9.71. The fraction of sp³-hybridized carbons (Fsp3) is 0.308. The summed E-state index contributed by atoms with van der Waals surface area (Å²) < 4.78 is 2.13. The van der Waals surface area contributed by atoms with Crippen molar-refractivity contribution in [1.82, 2.24) is 1.33 Å². The van der Waals surface area contributed by atoms with Crippen LogP contribution in [-0.4, -0.2) is 7.04 Å². The van der Waals surface area contributed by atoms with Crippen molar-refractivity contribution in [2.24, 2.45) is 5.92 Å². The van der Waals surface area contributed by atoms with Gasteiger partial charge in [-0.15, -0.1) is 0 Å². The van der Waals surface area contributed by atoms with Gasteiger partial charge < -0.3 is 5.41 Å². The molecular formula is C13H12I2N2. The summed E-state index contributed by atoms with van der Waals surface area (Å²) in [6.07, 6.45) is 11.9. The largest absolute Gasteiger partial charge is 0.305 e. The second-order valence-electron chi connectivity index (χ2n) is 4.62. The highest BCUT2D eigenvalue weighted by atomic mass is 127. The summed E-state index contributed by atoms with van der Waals surface area (Å²) in [7, 11) is 0. The molecule has 0 fully saturated rings. The van der Waals surface area contributed by atoms with Gasteiger partial charge in [-0.05, 0) is 24.1 Å². The Morgan fingerprint density at radius 3 is 2.53 bits per heavy atom. The number of halogens is 2. The van der Waals surface area contributed by atoms with E-state index >= 15 is 0 Å². The van der Waals surface area contributed by atoms with E-state index in [4.69, 9.17) is 5.41 Å². The fourth-order valence-electron chi connectivity index (χ4n) is 2.85. The molecule has 2 nitrogen and oxygen atoms in total. The minimum Gasteiger partial charge on any atom is -0.305 e. The predicted molar refractivity (Wildman–Crippen MR) is 87.3 cm³/mol. The highest BCUT2D eigenvalue weighted by molar-refractivity contribution is 14.2. The third-order valence-corrected chi connectivity index (χ3v) is 4.75. The van der Waals surface area contributed by atoms with Gasteiger partial charge in [0.1, 0.15) is 0 Å². The Hall–Kier alpha value is -0.110. The Kier molecular flexibility index (Phi) is 3.18. The Balaban J connectivity index is 2.11. The molecule has 1 unspecified atom stereocenters. The van der Waals surface area contributed by atoms with Gasteiger partial charge in [-0.25, -0.2) is 0 Å². The molecule has 3 rings (SSSR count). The van der Waals surface area contributed by atoms with E-state index in [-0.39, 0.29) is 0 Å². The minimum atomic E-state index is 0.481. The van der Waals surface area contributed by atoms with E-state index in [9.17, 15) is 0 Å². The molecule has 3 aliphatic carbocycles. The van der Waals surface area contributed by atoms with Crippen molar-refractivity contribution >= 4 is 51.4 Å². The molecule has 0 radical (unpaired) electrons. The van der Waals surface area contributed by atoms with Gasteiger partial charge in [0.25, 0.3) is 0 Å². The van der Waals surface area contributed by atoms with Crippen molar-refractivity contribution < 1.29 is 0 Å². The topological polar surface area (TPSA) is 27.1 Å². The molecule has 0 bridgehead atoms. The molecule has 0 aromatic carbocycles. The van der Waals surface area contributed by atoms with Gasteiger partial charge in [-0.2, -0.15) is 0 Å². The zero-order valence-corrected chi connectivity index (χ0v) is 13.5. The molecular weight excluding hydrogens is 438 g/mol. The van der Waals surface area contributed by atoms with E-state index in [2.05, 4.69) is 71.4 Å². The second-order valence-corrected chi connectivity index (χ2v) is 8.39. The van der Waals surface area contributed by atoms with E-state index in [1.54, 1.807) is 0 Å². The summed E-state index contributed by atoms with van der Waals surface area (Å²) in [5.41, 5.74) is 6.34. The van der Waals surface area contributed by atoms with E-state index in [1.165, 1.54) is 22.4 Å². The lowest BCUT2D eigenvalue weighted by molar-refractivity contribution is 0.715. The number of hydrogen-bond donors (Lipinski definition) is 1. The van der Waals surface area contributed by atoms with Crippen molar-refractivity contribution in [3.05, 3.63) is 46.7 Å². The lowest BCUT2D eigenvalue weighted by Crippen LogP contribution is -2.24. The predicted octanol–water partition coefficient (Wildman–Crippen LogP) is 4.50. The fourth-order valence-corrected chi connectivity index (χ4v) is 3.47. The number of rotatable bonds is 1. The van der Waals surface area contributed by atoms with Gasteiger partial charge in [0.2, 0.25) is 0 Å². The molecule has 0 aliphatic heterocycles. The van der Waals surface area contributed by atoms with Crippen LogP contribution < -0.4 is 0 Å². The first kappa shape index (κ1) is 12.0. The lowest BCUT2D eigenvalue weighted by Gasteiger charge is -2.36. The summed E-state index contributed by atoms with van der Waals surface area (Å²) in [6, 6.07) is 0. The molecule has 17 heavy (non-hydrogen) atoms. The zero-order chi connectivity index (χ0) is 12.0. The molecule has 0 saturated heterocycles. The van der Waals surface area contributed by atoms with Gasteiger partial charge >= 0.3 is 0 Å². The van der Waals surface area contributed by atoms with Crippen LogP contribution >= 0.6 is 45.7 Å². The van der Waals surface area contributed by atoms with Crippen molar-refractivity contribution in [2.75, 3.05) is 0 Å². The van der Waals surface area contributed by atoms with Crippen LogP contribution in [0.25, 0.3) is 0 Å². The molecule has 0 spiro atoms. The molecule has 0 amide bonds. The molecule has 0 heterocycles. The monoisotopic (exact) mass is 450 g/mol. The third-order valence-electron chi connectivity index (χ3n) is 3.51. The van der Waals surface area contributed by atoms with E-state index < -0.39 is 0 Å². The summed E-state index contributed by atoms with van der Waals surface area (Å²) in [6.45, 7) is 0. The summed E-state index contributed by atoms with van der Waals surface area (Å²) in [4.78, 5) is 0. The van der Waals surface area contributed by atoms with Crippen LogP contribution in [0.1, 0.15) is 19.3 Å². The minimum absolute atomic E-state index is 0.481. The SMILES string of the molecule is N=C1C=C2C=C(N(I)I)CC3=CCC=C(C1)C23. The smallest absolute Gasteiger partial charge is 0.0694 e. The van der Waals surface area contributed by atoms with Crippen LogP contribution in [-0.2, 0) is 0 Å². The highest BCUT2D eigenvalue weighted by Crippen LogP contribution is 2.45. The zero-order valence-electron chi connectivity index (χ0n) is 9.21. The average molecular weight is 450 g/mol. The van der Waals surface area contributed by atoms with E-state index in [1.807, 2.05) is 0 Å². The van der Waals surface area contributed by atoms with E-state index in [0.29, 0.717) is 5.92 Å². The Morgan fingerprint density at radius 2 is 1.82 bits per heavy atom. The Morgan fingerprint density at radius 1 is 1.12 bits per heavy atom. The van der Waals surface area contributed by atoms with Crippen molar-refractivity contribution in [3.63, 3.8) is 0 Å². The molecule has 1 N–H and O–H groups in total. The van der Waals surface area contributed by atoms with Crippen molar-refractivity contribution in [2.45, 2.75) is 19.3 Å². The maximum absolute atomic E-state index is 7.93. The maximum Gasteiger partial charge on any atom is 0.0694 e. The number of nitrogens with one attached hydrogen (secondary N) is 1. The molecule has 4 heteroatoms. The van der Waals surface area contributed by atoms with Crippen LogP contribution in [0.5, 0.6) is 0 Å². The van der Waals surface area contributed by atoms with Crippen LogP contribution in [0.3, 0.4) is 0 Å². The van der Waals surface area contributed by atoms with Crippen LogP contribution in [0.2, 0.25) is 0 Å². The normalized spacial score (nSPS) is 26.5. The molecule has 0 saturated carbocycles. The number of allylic oxidation sites excluding steroid dienone is 7. The summed E-state index contributed by atoms with van der Waals surface area (Å²) in [5.74, 6) is 0.481. The molecule has 1 atom stereocenters. The molecule has 0 aromatic rings. The summed E-state index contributed by atoms with van der Waals surface area (Å²) in [5, 5.41) is 7.93. The maximum atomic E-state index is 7.93. The number of hydrogen-bond acceptors (Lipinski definition) is 2. The average Bonchev–Trinajstić information content (AvgIpc) is 2.28. The van der Waals surface area contributed by atoms with Gasteiger partial charge in [-0.3, -0.25) is 1.33 Å². The molecule has 88 valence electrons. The quantitative estimate of drug-likeness (QED) is 0.356. The first-order valence-corrected chi connectivity index (χ1v) is 7.57. The molecule has 3 aliphatic rings. The first-order valence-electron chi connectivity index (χ1n) is 5.64. The number of nitrogens with zero attached hydrogens (tertiary/aromatic N) is 1. The van der Waals surface area contributed by atoms with Crippen LogP contribution in [0.15, 0.2) is 46.7 Å². The standard InChI is InChI=1S/C13H12I2N2/c14-17(15)12-6-9-3-1-2-8-4-11(16)5-10(7-12)13(8)9/h2-3,5,7,13,16H,1,4,6H2. The molecule has 0 aromatic heterocycles. The third kappa shape index (κ3) is 2.14. The highest BCUT2D eigenvalue weighted by Gasteiger charge is 2.32. The van der Waals surface area contributed by atoms with Gasteiger partial charge in [0.15, 0.2) is 0 Å². The van der Waals surface area contributed by atoms with E-state index in [0.717, 1.165) is 25.0 Å². The van der Waals surface area contributed by atoms with Crippen molar-refractivity contribution in [1.29, 1.82) is 5.41 Å². The second kappa shape index (κ2) is 4.53. The van der Waals surface area contributed by atoms with Gasteiger partial charge in [0.05, 0.1) is 45.7 Å². The summed E-state index contributed by atoms with van der Waals surface area (Å²) >= 11 is 4.62. The first-order chi connectivity index (χ1) is 8.15. The van der Waals surface area contributed by atoms with Gasteiger partial charge in [0, 0.05) is 30.2 Å². The van der Waals surface area contributed by atoms with Crippen molar-refractivity contribution in [3.8, 4) is 0 Å². The Bertz CT molecular complexity index is 510. The van der Waals surface area contributed by atoms with Gasteiger partial charge in [-0.1, -0.05) is 23.3 Å². The van der Waals surface area contributed by atoms with Crippen LogP contribution in [0, 0.1) is 11.3 Å².